The highest BCUT2D eigenvalue weighted by molar-refractivity contribution is 7.99. The molecular weight excluding hydrogens is 500 g/mol. The minimum absolute atomic E-state index is 0.0287. The summed E-state index contributed by atoms with van der Waals surface area (Å²) in [5, 5.41) is 4.02. The second-order valence-corrected chi connectivity index (χ2v) is 10.9. The average Bonchev–Trinajstić information content (AvgIpc) is 3.52. The smallest absolute Gasteiger partial charge is 0.263 e. The first-order valence-electron chi connectivity index (χ1n) is 11.9. The van der Waals surface area contributed by atoms with E-state index < -0.39 is 0 Å². The van der Waals surface area contributed by atoms with Crippen LogP contribution < -0.4 is 15.6 Å². The fraction of sp³-hybridized carbons (Fsp3) is 0.440. The largest absolute Gasteiger partial charge is 0.497 e. The summed E-state index contributed by atoms with van der Waals surface area (Å²) >= 11 is 2.71. The zero-order valence-corrected chi connectivity index (χ0v) is 21.9. The third kappa shape index (κ3) is 5.14. The van der Waals surface area contributed by atoms with Crippen LogP contribution in [0.1, 0.15) is 30.2 Å². The van der Waals surface area contributed by atoms with Crippen molar-refractivity contribution in [1.29, 1.82) is 0 Å². The van der Waals surface area contributed by atoms with E-state index in [2.05, 4.69) is 5.32 Å². The normalized spacial score (nSPS) is 17.3. The quantitative estimate of drug-likeness (QED) is 0.371. The fourth-order valence-electron chi connectivity index (χ4n) is 4.59. The number of fused-ring (bicyclic) bond motifs is 3. The molecule has 190 valence electrons. The van der Waals surface area contributed by atoms with Gasteiger partial charge in [0.2, 0.25) is 11.8 Å². The molecular formula is C25H28N4O5S2. The highest BCUT2D eigenvalue weighted by atomic mass is 32.2. The van der Waals surface area contributed by atoms with Gasteiger partial charge in [-0.15, -0.1) is 11.3 Å². The van der Waals surface area contributed by atoms with E-state index in [1.54, 1.807) is 47.8 Å². The molecule has 1 atom stereocenters. The summed E-state index contributed by atoms with van der Waals surface area (Å²) in [4.78, 5) is 46.6. The number of carbonyl (C=O) groups excluding carboxylic acids is 2. The number of thioether (sulfide) groups is 1. The van der Waals surface area contributed by atoms with E-state index in [9.17, 15) is 14.4 Å². The van der Waals surface area contributed by atoms with Gasteiger partial charge in [-0.05, 0) is 49.1 Å². The van der Waals surface area contributed by atoms with E-state index >= 15 is 0 Å². The van der Waals surface area contributed by atoms with Crippen LogP contribution in [0, 0.1) is 0 Å². The second-order valence-electron chi connectivity index (χ2n) is 8.89. The zero-order chi connectivity index (χ0) is 25.2. The summed E-state index contributed by atoms with van der Waals surface area (Å²) in [7, 11) is 1.59. The number of benzene rings is 1. The molecule has 2 aromatic heterocycles. The maximum atomic E-state index is 13.7. The topological polar surface area (TPSA) is 103 Å². The first-order valence-corrected chi connectivity index (χ1v) is 13.7. The van der Waals surface area contributed by atoms with Gasteiger partial charge in [0.05, 0.1) is 37.4 Å². The molecule has 0 radical (unpaired) electrons. The predicted molar refractivity (Wildman–Crippen MR) is 140 cm³/mol. The fourth-order valence-corrected chi connectivity index (χ4v) is 6.68. The third-order valence-electron chi connectivity index (χ3n) is 6.49. The molecule has 36 heavy (non-hydrogen) atoms. The van der Waals surface area contributed by atoms with Gasteiger partial charge in [0.25, 0.3) is 5.56 Å². The van der Waals surface area contributed by atoms with Gasteiger partial charge in [-0.3, -0.25) is 19.0 Å². The van der Waals surface area contributed by atoms with E-state index in [1.165, 1.54) is 23.1 Å². The summed E-state index contributed by atoms with van der Waals surface area (Å²) in [5.74, 6) is 0.661. The van der Waals surface area contributed by atoms with Gasteiger partial charge < -0.3 is 19.7 Å². The molecule has 9 nitrogen and oxygen atoms in total. The van der Waals surface area contributed by atoms with Crippen molar-refractivity contribution in [3.05, 3.63) is 45.1 Å². The summed E-state index contributed by atoms with van der Waals surface area (Å²) in [6.07, 6.45) is 2.46. The number of nitrogens with one attached hydrogen (secondary N) is 1. The molecule has 2 aliphatic rings. The Morgan fingerprint density at radius 1 is 1.31 bits per heavy atom. The SMILES string of the molecule is COc1ccc(NC(=O)CSc2nc3sc4c(c3c(=O)n2CC2CCCO2)CCN(C(C)=O)C4)cc1. The number of ether oxygens (including phenoxy) is 2. The Morgan fingerprint density at radius 2 is 2.11 bits per heavy atom. The Bertz CT molecular complexity index is 1350. The number of rotatable bonds is 7. The van der Waals surface area contributed by atoms with Crippen molar-refractivity contribution in [3.8, 4) is 5.75 Å². The maximum Gasteiger partial charge on any atom is 0.263 e. The van der Waals surface area contributed by atoms with Crippen LogP contribution >= 0.6 is 23.1 Å². The predicted octanol–water partition coefficient (Wildman–Crippen LogP) is 3.28. The van der Waals surface area contributed by atoms with Gasteiger partial charge in [0, 0.05) is 30.6 Å². The van der Waals surface area contributed by atoms with E-state index in [4.69, 9.17) is 14.5 Å². The van der Waals surface area contributed by atoms with Crippen molar-refractivity contribution in [3.63, 3.8) is 0 Å². The van der Waals surface area contributed by atoms with E-state index in [0.717, 1.165) is 23.3 Å². The Morgan fingerprint density at radius 3 is 2.81 bits per heavy atom. The van der Waals surface area contributed by atoms with Gasteiger partial charge in [-0.1, -0.05) is 11.8 Å². The maximum absolute atomic E-state index is 13.7. The molecule has 0 aliphatic carbocycles. The number of hydrogen-bond acceptors (Lipinski definition) is 8. The lowest BCUT2D eigenvalue weighted by molar-refractivity contribution is -0.129. The molecule has 0 saturated carbocycles. The van der Waals surface area contributed by atoms with Gasteiger partial charge >= 0.3 is 0 Å². The van der Waals surface area contributed by atoms with Crippen LogP contribution in [0.3, 0.4) is 0 Å². The molecule has 1 fully saturated rings. The summed E-state index contributed by atoms with van der Waals surface area (Å²) < 4.78 is 12.6. The molecule has 4 heterocycles. The highest BCUT2D eigenvalue weighted by Crippen LogP contribution is 2.34. The minimum atomic E-state index is -0.189. The zero-order valence-electron chi connectivity index (χ0n) is 20.2. The van der Waals surface area contributed by atoms with E-state index in [-0.39, 0.29) is 29.2 Å². The molecule has 0 spiro atoms. The van der Waals surface area contributed by atoms with Crippen LogP contribution in [0.15, 0.2) is 34.2 Å². The number of nitrogens with zero attached hydrogens (tertiary/aromatic N) is 3. The van der Waals surface area contributed by atoms with Gasteiger partial charge in [0.1, 0.15) is 10.6 Å². The highest BCUT2D eigenvalue weighted by Gasteiger charge is 2.27. The lowest BCUT2D eigenvalue weighted by Gasteiger charge is -2.25. The molecule has 1 aromatic carbocycles. The number of thiophene rings is 1. The van der Waals surface area contributed by atoms with Crippen molar-refractivity contribution >= 4 is 50.8 Å². The van der Waals surface area contributed by atoms with Crippen LogP contribution in [-0.4, -0.2) is 58.4 Å². The Kier molecular flexibility index (Phi) is 7.31. The summed E-state index contributed by atoms with van der Waals surface area (Å²) in [6.45, 7) is 3.77. The van der Waals surface area contributed by atoms with Crippen molar-refractivity contribution in [2.24, 2.45) is 0 Å². The van der Waals surface area contributed by atoms with Crippen molar-refractivity contribution in [2.45, 2.75) is 50.5 Å². The molecule has 11 heteroatoms. The standard InChI is InChI=1S/C25H28N4O5S2/c1-15(30)28-10-9-19-20(13-28)36-23-22(19)24(32)29(12-18-4-3-11-34-18)25(27-23)35-14-21(31)26-16-5-7-17(33-2)8-6-16/h5-8,18H,3-4,9-14H2,1-2H3,(H,26,31). The van der Waals surface area contributed by atoms with Crippen LogP contribution in [0.25, 0.3) is 10.2 Å². The first kappa shape index (κ1) is 24.8. The van der Waals surface area contributed by atoms with Crippen LogP contribution in [0.2, 0.25) is 0 Å². The van der Waals surface area contributed by atoms with Crippen molar-refractivity contribution in [2.75, 3.05) is 31.3 Å². The van der Waals surface area contributed by atoms with Crippen LogP contribution in [0.4, 0.5) is 5.69 Å². The van der Waals surface area contributed by atoms with Gasteiger partial charge in [-0.2, -0.15) is 0 Å². The molecule has 0 bridgehead atoms. The molecule has 2 amide bonds. The molecule has 3 aromatic rings. The van der Waals surface area contributed by atoms with Crippen molar-refractivity contribution < 1.29 is 19.1 Å². The van der Waals surface area contributed by atoms with E-state index in [1.807, 2.05) is 0 Å². The molecule has 2 aliphatic heterocycles. The molecule has 1 N–H and O–H groups in total. The van der Waals surface area contributed by atoms with E-state index in [0.29, 0.717) is 59.5 Å². The number of amides is 2. The average molecular weight is 529 g/mol. The number of carbonyl (C=O) groups is 2. The number of aromatic nitrogens is 2. The molecule has 1 saturated heterocycles. The van der Waals surface area contributed by atoms with Gasteiger partial charge in [0.15, 0.2) is 5.16 Å². The van der Waals surface area contributed by atoms with Crippen molar-refractivity contribution in [1.82, 2.24) is 14.5 Å². The lowest BCUT2D eigenvalue weighted by atomic mass is 10.1. The third-order valence-corrected chi connectivity index (χ3v) is 8.57. The Balaban J connectivity index is 1.42. The monoisotopic (exact) mass is 528 g/mol. The van der Waals surface area contributed by atoms with Crippen LogP contribution in [-0.2, 0) is 33.8 Å². The Hall–Kier alpha value is -2.89. The van der Waals surface area contributed by atoms with Crippen LogP contribution in [0.5, 0.6) is 5.75 Å². The van der Waals surface area contributed by atoms with Gasteiger partial charge in [-0.25, -0.2) is 4.98 Å². The number of anilines is 1. The first-order chi connectivity index (χ1) is 17.4. The Labute approximate surface area is 216 Å². The second kappa shape index (κ2) is 10.6. The molecule has 5 rings (SSSR count). The minimum Gasteiger partial charge on any atom is -0.497 e. The summed E-state index contributed by atoms with van der Waals surface area (Å²) in [6, 6.07) is 7.12. The molecule has 1 unspecified atom stereocenters. The lowest BCUT2D eigenvalue weighted by Crippen LogP contribution is -2.34. The number of methoxy groups -OCH3 is 1. The number of hydrogen-bond donors (Lipinski definition) is 1. The summed E-state index contributed by atoms with van der Waals surface area (Å²) in [5.41, 5.74) is 1.57.